The molecule has 0 radical (unpaired) electrons. The second-order valence-electron chi connectivity index (χ2n) is 3.97. The number of esters is 2. The van der Waals surface area contributed by atoms with E-state index in [0.717, 1.165) is 0 Å². The topological polar surface area (TPSA) is 81.9 Å². The van der Waals surface area contributed by atoms with Crippen LogP contribution in [0.25, 0.3) is 11.1 Å². The Kier molecular flexibility index (Phi) is 4.19. The summed E-state index contributed by atoms with van der Waals surface area (Å²) < 4.78 is 14.7. The van der Waals surface area contributed by atoms with Gasteiger partial charge in [0, 0.05) is 0 Å². The molecule has 7 heteroatoms. The number of ether oxygens (including phenoxy) is 2. The summed E-state index contributed by atoms with van der Waals surface area (Å²) in [6.45, 7) is -0.309. The lowest BCUT2D eigenvalue weighted by atomic mass is 10.3. The van der Waals surface area contributed by atoms with E-state index < -0.39 is 11.9 Å². The van der Waals surface area contributed by atoms with Crippen molar-refractivity contribution in [1.29, 1.82) is 0 Å². The Morgan fingerprint density at radius 1 is 1.15 bits per heavy atom. The van der Waals surface area contributed by atoms with Gasteiger partial charge in [-0.2, -0.15) is 4.98 Å². The van der Waals surface area contributed by atoms with Gasteiger partial charge in [0.2, 0.25) is 0 Å². The van der Waals surface area contributed by atoms with Crippen LogP contribution < -0.4 is 4.90 Å². The Morgan fingerprint density at radius 2 is 1.75 bits per heavy atom. The normalized spacial score (nSPS) is 10.3. The highest BCUT2D eigenvalue weighted by molar-refractivity contribution is 5.81. The van der Waals surface area contributed by atoms with Gasteiger partial charge in [0.25, 0.3) is 6.01 Å². The molecule has 2 rings (SSSR count). The van der Waals surface area contributed by atoms with Crippen LogP contribution in [0, 0.1) is 0 Å². The number of anilines is 1. The Bertz CT molecular complexity index is 571. The van der Waals surface area contributed by atoms with Crippen molar-refractivity contribution in [3.63, 3.8) is 0 Å². The van der Waals surface area contributed by atoms with Crippen molar-refractivity contribution >= 4 is 29.1 Å². The highest BCUT2D eigenvalue weighted by atomic mass is 16.5. The lowest BCUT2D eigenvalue weighted by Crippen LogP contribution is -2.35. The van der Waals surface area contributed by atoms with E-state index in [9.17, 15) is 9.59 Å². The number of oxazole rings is 1. The lowest BCUT2D eigenvalue weighted by molar-refractivity contribution is -0.140. The van der Waals surface area contributed by atoms with Crippen molar-refractivity contribution in [2.45, 2.75) is 0 Å². The maximum Gasteiger partial charge on any atom is 0.325 e. The van der Waals surface area contributed by atoms with E-state index in [-0.39, 0.29) is 19.1 Å². The third-order valence-corrected chi connectivity index (χ3v) is 2.65. The van der Waals surface area contributed by atoms with Crippen LogP contribution in [0.4, 0.5) is 6.01 Å². The zero-order valence-corrected chi connectivity index (χ0v) is 11.2. The third-order valence-electron chi connectivity index (χ3n) is 2.65. The number of rotatable bonds is 5. The second-order valence-corrected chi connectivity index (χ2v) is 3.97. The standard InChI is InChI=1S/C13H14N2O5/c1-18-11(16)7-15(8-12(17)19-2)13-14-9-5-3-4-6-10(9)20-13/h3-6H,7-8H2,1-2H3. The summed E-state index contributed by atoms with van der Waals surface area (Å²) >= 11 is 0. The average molecular weight is 278 g/mol. The van der Waals surface area contributed by atoms with Crippen LogP contribution in [0.15, 0.2) is 28.7 Å². The van der Waals surface area contributed by atoms with Gasteiger partial charge in [-0.25, -0.2) is 0 Å². The predicted molar refractivity (Wildman–Crippen MR) is 70.3 cm³/mol. The summed E-state index contributed by atoms with van der Waals surface area (Å²) in [5.74, 6) is -1.01. The van der Waals surface area contributed by atoms with Crippen LogP contribution in [-0.2, 0) is 19.1 Å². The van der Waals surface area contributed by atoms with E-state index in [1.165, 1.54) is 19.1 Å². The minimum absolute atomic E-state index is 0.154. The van der Waals surface area contributed by atoms with Gasteiger partial charge >= 0.3 is 11.9 Å². The Balaban J connectivity index is 2.28. The summed E-state index contributed by atoms with van der Waals surface area (Å²) in [4.78, 5) is 28.4. The molecule has 0 saturated heterocycles. The number of hydrogen-bond donors (Lipinski definition) is 0. The molecule has 2 aromatic rings. The van der Waals surface area contributed by atoms with Crippen molar-refractivity contribution in [3.8, 4) is 0 Å². The average Bonchev–Trinajstić information content (AvgIpc) is 2.90. The molecule has 0 fully saturated rings. The van der Waals surface area contributed by atoms with Crippen LogP contribution in [-0.4, -0.2) is 44.2 Å². The molecule has 0 aliphatic heterocycles. The summed E-state index contributed by atoms with van der Waals surface area (Å²) in [5, 5.41) is 0. The third kappa shape index (κ3) is 3.05. The van der Waals surface area contributed by atoms with Gasteiger partial charge in [-0.3, -0.25) is 9.59 Å². The number of fused-ring (bicyclic) bond motifs is 1. The highest BCUT2D eigenvalue weighted by Crippen LogP contribution is 2.21. The van der Waals surface area contributed by atoms with Crippen molar-refractivity contribution in [2.24, 2.45) is 0 Å². The van der Waals surface area contributed by atoms with Gasteiger partial charge in [-0.05, 0) is 12.1 Å². The van der Waals surface area contributed by atoms with Gasteiger partial charge in [-0.1, -0.05) is 12.1 Å². The van der Waals surface area contributed by atoms with E-state index in [0.29, 0.717) is 11.1 Å². The SMILES string of the molecule is COC(=O)CN(CC(=O)OC)c1nc2ccccc2o1. The first-order valence-corrected chi connectivity index (χ1v) is 5.88. The number of methoxy groups -OCH3 is 2. The first-order chi connectivity index (χ1) is 9.63. The largest absolute Gasteiger partial charge is 0.468 e. The van der Waals surface area contributed by atoms with Crippen molar-refractivity contribution in [3.05, 3.63) is 24.3 Å². The molecule has 106 valence electrons. The Labute approximate surface area is 115 Å². The van der Waals surface area contributed by atoms with Crippen LogP contribution in [0.3, 0.4) is 0 Å². The maximum absolute atomic E-state index is 11.4. The smallest absolute Gasteiger partial charge is 0.325 e. The summed E-state index contributed by atoms with van der Waals surface area (Å²) in [7, 11) is 2.54. The van der Waals surface area contributed by atoms with E-state index in [1.54, 1.807) is 12.1 Å². The number of aromatic nitrogens is 1. The first-order valence-electron chi connectivity index (χ1n) is 5.88. The molecule has 0 unspecified atom stereocenters. The molecule has 1 heterocycles. The fraction of sp³-hybridized carbons (Fsp3) is 0.308. The van der Waals surface area contributed by atoms with E-state index in [1.807, 2.05) is 12.1 Å². The number of benzene rings is 1. The second kappa shape index (κ2) is 6.05. The molecule has 1 aromatic carbocycles. The van der Waals surface area contributed by atoms with Gasteiger partial charge in [0.05, 0.1) is 14.2 Å². The molecule has 0 amide bonds. The molecule has 0 aliphatic rings. The van der Waals surface area contributed by atoms with Crippen molar-refractivity contribution < 1.29 is 23.5 Å². The monoisotopic (exact) mass is 278 g/mol. The minimum atomic E-state index is -0.504. The summed E-state index contributed by atoms with van der Waals surface area (Å²) in [5.41, 5.74) is 1.21. The minimum Gasteiger partial charge on any atom is -0.468 e. The Hall–Kier alpha value is -2.57. The van der Waals surface area contributed by atoms with Gasteiger partial charge in [-0.15, -0.1) is 0 Å². The fourth-order valence-corrected chi connectivity index (χ4v) is 1.63. The number of nitrogens with zero attached hydrogens (tertiary/aromatic N) is 2. The van der Waals surface area contributed by atoms with Gasteiger partial charge < -0.3 is 18.8 Å². The molecular formula is C13H14N2O5. The lowest BCUT2D eigenvalue weighted by Gasteiger charge is -2.17. The highest BCUT2D eigenvalue weighted by Gasteiger charge is 2.20. The zero-order chi connectivity index (χ0) is 14.5. The van der Waals surface area contributed by atoms with Crippen molar-refractivity contribution in [1.82, 2.24) is 4.98 Å². The summed E-state index contributed by atoms with van der Waals surface area (Å²) in [6, 6.07) is 7.32. The first kappa shape index (κ1) is 13.9. The van der Waals surface area contributed by atoms with Crippen LogP contribution in [0.5, 0.6) is 0 Å². The summed E-state index contributed by atoms with van der Waals surface area (Å²) in [6.07, 6.45) is 0. The number of para-hydroxylation sites is 2. The molecule has 20 heavy (non-hydrogen) atoms. The van der Waals surface area contributed by atoms with Gasteiger partial charge in [0.1, 0.15) is 18.6 Å². The number of hydrogen-bond acceptors (Lipinski definition) is 7. The van der Waals surface area contributed by atoms with Crippen LogP contribution in [0.1, 0.15) is 0 Å². The van der Waals surface area contributed by atoms with Crippen molar-refractivity contribution in [2.75, 3.05) is 32.2 Å². The maximum atomic E-state index is 11.4. The molecule has 7 nitrogen and oxygen atoms in total. The molecule has 0 atom stereocenters. The fourth-order valence-electron chi connectivity index (χ4n) is 1.63. The van der Waals surface area contributed by atoms with E-state index in [4.69, 9.17) is 4.42 Å². The molecule has 0 bridgehead atoms. The Morgan fingerprint density at radius 3 is 2.30 bits per heavy atom. The molecule has 0 N–H and O–H groups in total. The van der Waals surface area contributed by atoms with Gasteiger partial charge in [0.15, 0.2) is 5.58 Å². The molecular weight excluding hydrogens is 264 g/mol. The number of carbonyl (C=O) groups excluding carboxylic acids is 2. The molecule has 1 aromatic heterocycles. The predicted octanol–water partition coefficient (Wildman–Crippen LogP) is 0.980. The molecule has 0 aliphatic carbocycles. The van der Waals surface area contributed by atoms with E-state index >= 15 is 0 Å². The molecule has 0 spiro atoms. The quantitative estimate of drug-likeness (QED) is 0.754. The van der Waals surface area contributed by atoms with Crippen LogP contribution in [0.2, 0.25) is 0 Å². The van der Waals surface area contributed by atoms with Crippen LogP contribution >= 0.6 is 0 Å². The molecule has 0 saturated carbocycles. The zero-order valence-electron chi connectivity index (χ0n) is 11.2. The number of carbonyl (C=O) groups is 2. The van der Waals surface area contributed by atoms with E-state index in [2.05, 4.69) is 14.5 Å².